The third-order valence-electron chi connectivity index (χ3n) is 2.96. The van der Waals surface area contributed by atoms with Crippen LogP contribution < -0.4 is 0 Å². The Hall–Kier alpha value is -1.05. The standard InChI is InChI=1S/C12H19FN2O3S/c1-3-11(4-2)15(5-6-16)19(17,18)12-7-10(13)8-14-9-12/h7-9,11,16H,3-6H2,1-2H3. The highest BCUT2D eigenvalue weighted by Gasteiger charge is 2.29. The first-order valence-corrected chi connectivity index (χ1v) is 7.64. The molecule has 0 fully saturated rings. The number of pyridine rings is 1. The lowest BCUT2D eigenvalue weighted by atomic mass is 10.2. The van der Waals surface area contributed by atoms with Crippen molar-refractivity contribution >= 4 is 10.0 Å². The Morgan fingerprint density at radius 2 is 2.00 bits per heavy atom. The number of rotatable bonds is 7. The van der Waals surface area contributed by atoms with E-state index < -0.39 is 15.8 Å². The van der Waals surface area contributed by atoms with Gasteiger partial charge in [-0.25, -0.2) is 12.8 Å². The van der Waals surface area contributed by atoms with E-state index in [9.17, 15) is 12.8 Å². The molecule has 0 aromatic carbocycles. The van der Waals surface area contributed by atoms with Crippen LogP contribution >= 0.6 is 0 Å². The zero-order chi connectivity index (χ0) is 14.5. The third kappa shape index (κ3) is 3.71. The van der Waals surface area contributed by atoms with E-state index in [0.717, 1.165) is 18.5 Å². The number of hydrogen-bond acceptors (Lipinski definition) is 4. The van der Waals surface area contributed by atoms with Crippen LogP contribution in [0.3, 0.4) is 0 Å². The normalized spacial score (nSPS) is 12.3. The minimum atomic E-state index is -3.84. The highest BCUT2D eigenvalue weighted by Crippen LogP contribution is 2.20. The molecule has 0 unspecified atom stereocenters. The average Bonchev–Trinajstić information content (AvgIpc) is 2.39. The summed E-state index contributed by atoms with van der Waals surface area (Å²) >= 11 is 0. The molecule has 0 amide bonds. The lowest BCUT2D eigenvalue weighted by Crippen LogP contribution is -2.41. The van der Waals surface area contributed by atoms with Gasteiger partial charge in [0.25, 0.3) is 0 Å². The van der Waals surface area contributed by atoms with Crippen LogP contribution in [-0.2, 0) is 10.0 Å². The summed E-state index contributed by atoms with van der Waals surface area (Å²) in [7, 11) is -3.84. The van der Waals surface area contributed by atoms with Crippen molar-refractivity contribution < 1.29 is 17.9 Å². The molecule has 108 valence electrons. The van der Waals surface area contributed by atoms with Gasteiger partial charge in [0.05, 0.1) is 12.8 Å². The van der Waals surface area contributed by atoms with Crippen molar-refractivity contribution in [2.24, 2.45) is 0 Å². The molecule has 0 atom stereocenters. The van der Waals surface area contributed by atoms with Crippen LogP contribution in [0.2, 0.25) is 0 Å². The van der Waals surface area contributed by atoms with E-state index in [-0.39, 0.29) is 24.1 Å². The fourth-order valence-electron chi connectivity index (χ4n) is 1.96. The predicted molar refractivity (Wildman–Crippen MR) is 69.5 cm³/mol. The van der Waals surface area contributed by atoms with Crippen LogP contribution in [0, 0.1) is 5.82 Å². The number of nitrogens with zero attached hydrogens (tertiary/aromatic N) is 2. The Kier molecular flexibility index (Phi) is 5.84. The minimum absolute atomic E-state index is 0.00874. The van der Waals surface area contributed by atoms with Gasteiger partial charge < -0.3 is 5.11 Å². The molecule has 1 N–H and O–H groups in total. The molecule has 7 heteroatoms. The quantitative estimate of drug-likeness (QED) is 0.824. The predicted octanol–water partition coefficient (Wildman–Crippen LogP) is 1.39. The Labute approximate surface area is 113 Å². The number of aliphatic hydroxyl groups is 1. The molecule has 5 nitrogen and oxygen atoms in total. The molecule has 0 saturated carbocycles. The second kappa shape index (κ2) is 6.93. The van der Waals surface area contributed by atoms with Gasteiger partial charge in [0, 0.05) is 18.8 Å². The third-order valence-corrected chi connectivity index (χ3v) is 4.87. The van der Waals surface area contributed by atoms with Gasteiger partial charge in [0.2, 0.25) is 10.0 Å². The van der Waals surface area contributed by atoms with E-state index in [1.165, 1.54) is 4.31 Å². The van der Waals surface area contributed by atoms with Crippen LogP contribution in [0.1, 0.15) is 26.7 Å². The highest BCUT2D eigenvalue weighted by atomic mass is 32.2. The van der Waals surface area contributed by atoms with E-state index in [2.05, 4.69) is 4.98 Å². The van der Waals surface area contributed by atoms with Crippen molar-refractivity contribution in [3.63, 3.8) is 0 Å². The SMILES string of the molecule is CCC(CC)N(CCO)S(=O)(=O)c1cncc(F)c1. The summed E-state index contributed by atoms with van der Waals surface area (Å²) in [6.45, 7) is 3.46. The van der Waals surface area contributed by atoms with Gasteiger partial charge in [-0.3, -0.25) is 4.98 Å². The van der Waals surface area contributed by atoms with E-state index in [0.29, 0.717) is 12.8 Å². The largest absolute Gasteiger partial charge is 0.395 e. The van der Waals surface area contributed by atoms with Gasteiger partial charge in [-0.15, -0.1) is 0 Å². The Bertz CT molecular complexity index is 503. The second-order valence-corrected chi connectivity index (χ2v) is 6.04. The lowest BCUT2D eigenvalue weighted by Gasteiger charge is -2.28. The van der Waals surface area contributed by atoms with Gasteiger partial charge >= 0.3 is 0 Å². The molecule has 0 bridgehead atoms. The van der Waals surface area contributed by atoms with Gasteiger partial charge in [-0.1, -0.05) is 13.8 Å². The fourth-order valence-corrected chi connectivity index (χ4v) is 3.70. The molecular weight excluding hydrogens is 271 g/mol. The number of aromatic nitrogens is 1. The molecule has 1 rings (SSSR count). The van der Waals surface area contributed by atoms with Crippen molar-refractivity contribution in [1.29, 1.82) is 0 Å². The maximum Gasteiger partial charge on any atom is 0.245 e. The van der Waals surface area contributed by atoms with Crippen LogP contribution in [0.15, 0.2) is 23.4 Å². The fraction of sp³-hybridized carbons (Fsp3) is 0.583. The maximum absolute atomic E-state index is 13.1. The number of sulfonamides is 1. The van der Waals surface area contributed by atoms with Crippen molar-refractivity contribution in [1.82, 2.24) is 9.29 Å². The number of hydrogen-bond donors (Lipinski definition) is 1. The van der Waals surface area contributed by atoms with Gasteiger partial charge in [-0.05, 0) is 18.9 Å². The number of halogens is 1. The van der Waals surface area contributed by atoms with E-state index in [4.69, 9.17) is 5.11 Å². The summed E-state index contributed by atoms with van der Waals surface area (Å²) in [5.41, 5.74) is 0. The molecule has 0 aliphatic heterocycles. The molecule has 19 heavy (non-hydrogen) atoms. The molecule has 1 aromatic heterocycles. The van der Waals surface area contributed by atoms with Crippen LogP contribution in [-0.4, -0.2) is 42.0 Å². The van der Waals surface area contributed by atoms with Crippen LogP contribution in [0.5, 0.6) is 0 Å². The van der Waals surface area contributed by atoms with Crippen molar-refractivity contribution in [3.05, 3.63) is 24.3 Å². The Balaban J connectivity index is 3.19. The van der Waals surface area contributed by atoms with Crippen molar-refractivity contribution in [3.8, 4) is 0 Å². The molecule has 0 aliphatic rings. The van der Waals surface area contributed by atoms with Crippen molar-refractivity contribution in [2.75, 3.05) is 13.2 Å². The molecule has 1 heterocycles. The average molecular weight is 290 g/mol. The zero-order valence-electron chi connectivity index (χ0n) is 11.1. The van der Waals surface area contributed by atoms with Gasteiger partial charge in [0.15, 0.2) is 0 Å². The van der Waals surface area contributed by atoms with Gasteiger partial charge in [0.1, 0.15) is 10.7 Å². The van der Waals surface area contributed by atoms with Gasteiger partial charge in [-0.2, -0.15) is 4.31 Å². The monoisotopic (exact) mass is 290 g/mol. The molecule has 0 aliphatic carbocycles. The molecule has 1 aromatic rings. The second-order valence-electron chi connectivity index (χ2n) is 4.15. The molecule has 0 spiro atoms. The maximum atomic E-state index is 13.1. The molecular formula is C12H19FN2O3S. The Morgan fingerprint density at radius 3 is 2.47 bits per heavy atom. The molecule has 0 saturated heterocycles. The van der Waals surface area contributed by atoms with E-state index >= 15 is 0 Å². The summed E-state index contributed by atoms with van der Waals surface area (Å²) in [6, 6.07) is 0.718. The number of aliphatic hydroxyl groups excluding tert-OH is 1. The highest BCUT2D eigenvalue weighted by molar-refractivity contribution is 7.89. The van der Waals surface area contributed by atoms with E-state index in [1.54, 1.807) is 0 Å². The summed E-state index contributed by atoms with van der Waals surface area (Å²) in [4.78, 5) is 3.37. The topological polar surface area (TPSA) is 70.5 Å². The Morgan fingerprint density at radius 1 is 1.37 bits per heavy atom. The minimum Gasteiger partial charge on any atom is -0.395 e. The first-order valence-electron chi connectivity index (χ1n) is 6.20. The summed E-state index contributed by atoms with van der Waals surface area (Å²) < 4.78 is 39.2. The first-order chi connectivity index (χ1) is 8.97. The summed E-state index contributed by atoms with van der Waals surface area (Å²) in [5.74, 6) is -0.699. The van der Waals surface area contributed by atoms with Crippen LogP contribution in [0.4, 0.5) is 4.39 Å². The van der Waals surface area contributed by atoms with Crippen molar-refractivity contribution in [2.45, 2.75) is 37.6 Å². The first kappa shape index (κ1) is 16.0. The molecule has 0 radical (unpaired) electrons. The summed E-state index contributed by atoms with van der Waals surface area (Å²) in [6.07, 6.45) is 3.31. The van der Waals surface area contributed by atoms with E-state index in [1.807, 2.05) is 13.8 Å². The lowest BCUT2D eigenvalue weighted by molar-refractivity contribution is 0.219. The zero-order valence-corrected chi connectivity index (χ0v) is 11.9. The summed E-state index contributed by atoms with van der Waals surface area (Å²) in [5, 5.41) is 9.05. The van der Waals surface area contributed by atoms with Crippen LogP contribution in [0.25, 0.3) is 0 Å². The smallest absolute Gasteiger partial charge is 0.245 e.